The SMILES string of the molecule is CN1CCN(c2ccc(CC(C)(C)N)cc2)CC1=O. The van der Waals surface area contributed by atoms with Crippen LogP contribution in [0.4, 0.5) is 5.69 Å². The summed E-state index contributed by atoms with van der Waals surface area (Å²) in [5, 5.41) is 0. The van der Waals surface area contributed by atoms with Crippen molar-refractivity contribution in [1.29, 1.82) is 0 Å². The molecule has 4 heteroatoms. The summed E-state index contributed by atoms with van der Waals surface area (Å²) in [5.74, 6) is 0.179. The van der Waals surface area contributed by atoms with Crippen LogP contribution in [0.15, 0.2) is 24.3 Å². The summed E-state index contributed by atoms with van der Waals surface area (Å²) in [6, 6.07) is 8.37. The molecule has 1 fully saturated rings. The first-order chi connectivity index (χ1) is 8.85. The minimum Gasteiger partial charge on any atom is -0.360 e. The molecule has 19 heavy (non-hydrogen) atoms. The van der Waals surface area contributed by atoms with E-state index in [0.29, 0.717) is 6.54 Å². The number of carbonyl (C=O) groups excluding carboxylic acids is 1. The number of likely N-dealkylation sites (N-methyl/N-ethyl adjacent to an activating group) is 1. The van der Waals surface area contributed by atoms with Crippen molar-refractivity contribution in [3.05, 3.63) is 29.8 Å². The van der Waals surface area contributed by atoms with E-state index in [9.17, 15) is 4.79 Å². The molecule has 104 valence electrons. The molecule has 4 nitrogen and oxygen atoms in total. The van der Waals surface area contributed by atoms with Crippen LogP contribution in [-0.4, -0.2) is 43.0 Å². The average molecular weight is 261 g/mol. The molecule has 0 saturated carbocycles. The zero-order chi connectivity index (χ0) is 14.0. The number of rotatable bonds is 3. The Hall–Kier alpha value is -1.55. The Morgan fingerprint density at radius 3 is 2.37 bits per heavy atom. The molecule has 2 N–H and O–H groups in total. The molecular weight excluding hydrogens is 238 g/mol. The van der Waals surface area contributed by atoms with E-state index >= 15 is 0 Å². The van der Waals surface area contributed by atoms with E-state index in [1.807, 2.05) is 20.9 Å². The Morgan fingerprint density at radius 1 is 1.21 bits per heavy atom. The molecule has 2 rings (SSSR count). The number of hydrogen-bond donors (Lipinski definition) is 1. The number of carbonyl (C=O) groups is 1. The van der Waals surface area contributed by atoms with Gasteiger partial charge in [-0.05, 0) is 38.0 Å². The van der Waals surface area contributed by atoms with Crippen molar-refractivity contribution in [2.24, 2.45) is 5.73 Å². The lowest BCUT2D eigenvalue weighted by Gasteiger charge is -2.33. The quantitative estimate of drug-likeness (QED) is 0.891. The first kappa shape index (κ1) is 13.9. The van der Waals surface area contributed by atoms with E-state index in [0.717, 1.165) is 25.2 Å². The maximum absolute atomic E-state index is 11.7. The second kappa shape index (κ2) is 5.21. The van der Waals surface area contributed by atoms with Gasteiger partial charge >= 0.3 is 0 Å². The van der Waals surface area contributed by atoms with E-state index in [1.165, 1.54) is 5.56 Å². The third kappa shape index (κ3) is 3.70. The summed E-state index contributed by atoms with van der Waals surface area (Å²) in [4.78, 5) is 15.6. The Labute approximate surface area is 115 Å². The molecule has 0 aromatic heterocycles. The van der Waals surface area contributed by atoms with Gasteiger partial charge in [0.05, 0.1) is 6.54 Å². The molecule has 0 aliphatic carbocycles. The summed E-state index contributed by atoms with van der Waals surface area (Å²) in [6.45, 7) is 6.21. The molecule has 1 saturated heterocycles. The molecule has 0 unspecified atom stereocenters. The third-order valence-corrected chi connectivity index (χ3v) is 3.42. The molecular formula is C15H23N3O. The number of anilines is 1. The van der Waals surface area contributed by atoms with Gasteiger partial charge in [-0.1, -0.05) is 12.1 Å². The Kier molecular flexibility index (Phi) is 3.80. The molecule has 1 aromatic carbocycles. The van der Waals surface area contributed by atoms with Gasteiger partial charge in [-0.2, -0.15) is 0 Å². The molecule has 1 heterocycles. The van der Waals surface area contributed by atoms with Gasteiger partial charge in [0.25, 0.3) is 0 Å². The molecule has 1 aliphatic heterocycles. The minimum absolute atomic E-state index is 0.179. The van der Waals surface area contributed by atoms with Gasteiger partial charge < -0.3 is 15.5 Å². The van der Waals surface area contributed by atoms with Gasteiger partial charge in [0, 0.05) is 31.4 Å². The van der Waals surface area contributed by atoms with Gasteiger partial charge in [0.2, 0.25) is 5.91 Å². The topological polar surface area (TPSA) is 49.6 Å². The fourth-order valence-electron chi connectivity index (χ4n) is 2.33. The number of nitrogens with two attached hydrogens (primary N) is 1. The van der Waals surface area contributed by atoms with E-state index in [4.69, 9.17) is 5.73 Å². The van der Waals surface area contributed by atoms with Crippen LogP contribution >= 0.6 is 0 Å². The number of benzene rings is 1. The zero-order valence-corrected chi connectivity index (χ0v) is 12.0. The lowest BCUT2D eigenvalue weighted by molar-refractivity contribution is -0.129. The van der Waals surface area contributed by atoms with Crippen molar-refractivity contribution >= 4 is 11.6 Å². The van der Waals surface area contributed by atoms with Crippen LogP contribution in [0.5, 0.6) is 0 Å². The lowest BCUT2D eigenvalue weighted by Crippen LogP contribution is -2.48. The van der Waals surface area contributed by atoms with Crippen LogP contribution in [0.2, 0.25) is 0 Å². The molecule has 1 amide bonds. The largest absolute Gasteiger partial charge is 0.360 e. The molecule has 0 spiro atoms. The standard InChI is InChI=1S/C15H23N3O/c1-15(2,16)10-12-4-6-13(7-5-12)18-9-8-17(3)14(19)11-18/h4-7H,8-11,16H2,1-3H3. The van der Waals surface area contributed by atoms with Crippen molar-refractivity contribution < 1.29 is 4.79 Å². The second-order valence-electron chi connectivity index (χ2n) is 6.07. The highest BCUT2D eigenvalue weighted by Crippen LogP contribution is 2.19. The normalized spacial score (nSPS) is 16.9. The maximum atomic E-state index is 11.7. The van der Waals surface area contributed by atoms with Crippen LogP contribution in [0.25, 0.3) is 0 Å². The van der Waals surface area contributed by atoms with Gasteiger partial charge in [-0.15, -0.1) is 0 Å². The smallest absolute Gasteiger partial charge is 0.241 e. The van der Waals surface area contributed by atoms with Gasteiger partial charge in [0.1, 0.15) is 0 Å². The highest BCUT2D eigenvalue weighted by atomic mass is 16.2. The van der Waals surface area contributed by atoms with E-state index in [2.05, 4.69) is 29.2 Å². The summed E-state index contributed by atoms with van der Waals surface area (Å²) in [6.07, 6.45) is 0.856. The molecule has 0 bridgehead atoms. The molecule has 1 aromatic rings. The Morgan fingerprint density at radius 2 is 1.84 bits per heavy atom. The van der Waals surface area contributed by atoms with E-state index < -0.39 is 0 Å². The van der Waals surface area contributed by atoms with Crippen molar-refractivity contribution in [3.8, 4) is 0 Å². The minimum atomic E-state index is -0.189. The second-order valence-corrected chi connectivity index (χ2v) is 6.07. The number of amides is 1. The van der Waals surface area contributed by atoms with Crippen molar-refractivity contribution in [2.45, 2.75) is 25.8 Å². The lowest BCUT2D eigenvalue weighted by atomic mass is 9.96. The fraction of sp³-hybridized carbons (Fsp3) is 0.533. The number of hydrogen-bond acceptors (Lipinski definition) is 3. The predicted octanol–water partition coefficient (Wildman–Crippen LogP) is 1.24. The summed E-state index contributed by atoms with van der Waals surface area (Å²) < 4.78 is 0. The van der Waals surface area contributed by atoms with Crippen LogP contribution in [-0.2, 0) is 11.2 Å². The van der Waals surface area contributed by atoms with E-state index in [-0.39, 0.29) is 11.4 Å². The average Bonchev–Trinajstić information content (AvgIpc) is 2.32. The number of piperazine rings is 1. The Balaban J connectivity index is 2.04. The highest BCUT2D eigenvalue weighted by molar-refractivity contribution is 5.82. The van der Waals surface area contributed by atoms with Gasteiger partial charge in [-0.25, -0.2) is 0 Å². The monoisotopic (exact) mass is 261 g/mol. The molecule has 0 radical (unpaired) electrons. The Bertz CT molecular complexity index is 447. The van der Waals surface area contributed by atoms with Crippen LogP contribution in [0.1, 0.15) is 19.4 Å². The third-order valence-electron chi connectivity index (χ3n) is 3.42. The fourth-order valence-corrected chi connectivity index (χ4v) is 2.33. The molecule has 1 aliphatic rings. The van der Waals surface area contributed by atoms with E-state index in [1.54, 1.807) is 4.90 Å². The van der Waals surface area contributed by atoms with Crippen molar-refractivity contribution in [1.82, 2.24) is 4.90 Å². The van der Waals surface area contributed by atoms with Crippen molar-refractivity contribution in [3.63, 3.8) is 0 Å². The first-order valence-electron chi connectivity index (χ1n) is 6.72. The number of nitrogens with zero attached hydrogens (tertiary/aromatic N) is 2. The molecule has 0 atom stereocenters. The van der Waals surface area contributed by atoms with Crippen LogP contribution < -0.4 is 10.6 Å². The predicted molar refractivity (Wildman–Crippen MR) is 78.3 cm³/mol. The summed E-state index contributed by atoms with van der Waals surface area (Å²) >= 11 is 0. The van der Waals surface area contributed by atoms with Crippen LogP contribution in [0.3, 0.4) is 0 Å². The maximum Gasteiger partial charge on any atom is 0.241 e. The zero-order valence-electron chi connectivity index (χ0n) is 12.0. The summed E-state index contributed by atoms with van der Waals surface area (Å²) in [7, 11) is 1.85. The first-order valence-corrected chi connectivity index (χ1v) is 6.72. The summed E-state index contributed by atoms with van der Waals surface area (Å²) in [5.41, 5.74) is 8.18. The van der Waals surface area contributed by atoms with Crippen LogP contribution in [0, 0.1) is 0 Å². The van der Waals surface area contributed by atoms with Crippen molar-refractivity contribution in [2.75, 3.05) is 31.6 Å². The van der Waals surface area contributed by atoms with Gasteiger partial charge in [-0.3, -0.25) is 4.79 Å². The highest BCUT2D eigenvalue weighted by Gasteiger charge is 2.21. The van der Waals surface area contributed by atoms with Gasteiger partial charge in [0.15, 0.2) is 0 Å².